The highest BCUT2D eigenvalue weighted by molar-refractivity contribution is 6.13. The number of esters is 1. The van der Waals surface area contributed by atoms with Gasteiger partial charge in [-0.3, -0.25) is 4.40 Å². The lowest BCUT2D eigenvalue weighted by atomic mass is 10.0. The minimum absolute atomic E-state index is 0.198. The number of halogens is 1. The summed E-state index contributed by atoms with van der Waals surface area (Å²) in [6.07, 6.45) is 0. The van der Waals surface area contributed by atoms with Gasteiger partial charge in [-0.25, -0.2) is 14.2 Å². The highest BCUT2D eigenvalue weighted by Gasteiger charge is 2.25. The van der Waals surface area contributed by atoms with Crippen molar-refractivity contribution in [1.82, 2.24) is 9.38 Å². The molecule has 6 heteroatoms. The summed E-state index contributed by atoms with van der Waals surface area (Å²) in [7, 11) is 0. The lowest BCUT2D eigenvalue weighted by Gasteiger charge is -2.14. The molecule has 0 spiro atoms. The van der Waals surface area contributed by atoms with Crippen molar-refractivity contribution in [2.45, 2.75) is 6.92 Å². The number of fused-ring (bicyclic) bond motifs is 3. The Morgan fingerprint density at radius 3 is 2.28 bits per heavy atom. The molecule has 0 fully saturated rings. The smallest absolute Gasteiger partial charge is 0.342 e. The number of imidazole rings is 1. The van der Waals surface area contributed by atoms with Crippen LogP contribution in [-0.2, 0) is 4.74 Å². The van der Waals surface area contributed by atoms with Crippen molar-refractivity contribution < 1.29 is 13.9 Å². The van der Waals surface area contributed by atoms with Gasteiger partial charge in [0.15, 0.2) is 0 Å². The summed E-state index contributed by atoms with van der Waals surface area (Å²) < 4.78 is 21.3. The van der Waals surface area contributed by atoms with E-state index < -0.39 is 11.8 Å². The van der Waals surface area contributed by atoms with Gasteiger partial charge >= 0.3 is 5.97 Å². The average molecular weight is 425 g/mol. The van der Waals surface area contributed by atoms with Gasteiger partial charge in [0.25, 0.3) is 0 Å². The Labute approximate surface area is 183 Å². The van der Waals surface area contributed by atoms with Gasteiger partial charge in [-0.15, -0.1) is 0 Å². The molecule has 0 saturated heterocycles. The van der Waals surface area contributed by atoms with E-state index in [2.05, 4.69) is 0 Å². The molecule has 32 heavy (non-hydrogen) atoms. The summed E-state index contributed by atoms with van der Waals surface area (Å²) in [5.74, 6) is -0.784. The van der Waals surface area contributed by atoms with Crippen molar-refractivity contribution in [3.05, 3.63) is 90.2 Å². The van der Waals surface area contributed by atoms with Crippen molar-refractivity contribution in [1.29, 1.82) is 0 Å². The lowest BCUT2D eigenvalue weighted by molar-refractivity contribution is 0.0529. The summed E-state index contributed by atoms with van der Waals surface area (Å²) >= 11 is 0. The van der Waals surface area contributed by atoms with E-state index in [1.165, 1.54) is 12.1 Å². The van der Waals surface area contributed by atoms with Crippen LogP contribution < -0.4 is 5.73 Å². The highest BCUT2D eigenvalue weighted by atomic mass is 19.1. The molecule has 0 radical (unpaired) electrons. The summed E-state index contributed by atoms with van der Waals surface area (Å²) in [6.45, 7) is 1.93. The quantitative estimate of drug-likeness (QED) is 0.374. The maximum absolute atomic E-state index is 14.3. The van der Waals surface area contributed by atoms with Gasteiger partial charge < -0.3 is 10.5 Å². The maximum atomic E-state index is 14.3. The highest BCUT2D eigenvalue weighted by Crippen LogP contribution is 2.39. The number of aromatic nitrogens is 2. The lowest BCUT2D eigenvalue weighted by Crippen LogP contribution is -2.13. The Bertz CT molecular complexity index is 1460. The monoisotopic (exact) mass is 425 g/mol. The van der Waals surface area contributed by atoms with Crippen LogP contribution in [0.25, 0.3) is 38.9 Å². The molecule has 2 N–H and O–H groups in total. The SMILES string of the molecule is CCOC(=O)c1c(N)n2c(-c3ccccc3)c(-c3ccccc3)nc2c2cc(F)ccc12. The summed E-state index contributed by atoms with van der Waals surface area (Å²) in [5.41, 5.74) is 10.5. The predicted octanol–water partition coefficient (Wildman–Crippen LogP) is 5.72. The Morgan fingerprint density at radius 1 is 0.969 bits per heavy atom. The predicted molar refractivity (Wildman–Crippen MR) is 124 cm³/mol. The molecule has 0 amide bonds. The third-order valence-corrected chi connectivity index (χ3v) is 5.44. The minimum atomic E-state index is -0.558. The van der Waals surface area contributed by atoms with Gasteiger partial charge in [0, 0.05) is 21.9 Å². The van der Waals surface area contributed by atoms with E-state index in [9.17, 15) is 9.18 Å². The first-order valence-corrected chi connectivity index (χ1v) is 10.3. The van der Waals surface area contributed by atoms with E-state index in [1.54, 1.807) is 17.4 Å². The number of nitrogens with two attached hydrogens (primary N) is 1. The van der Waals surface area contributed by atoms with Gasteiger partial charge in [0.1, 0.15) is 22.8 Å². The van der Waals surface area contributed by atoms with Gasteiger partial charge in [-0.2, -0.15) is 0 Å². The molecule has 5 aromatic rings. The zero-order chi connectivity index (χ0) is 22.2. The third kappa shape index (κ3) is 3.08. The van der Waals surface area contributed by atoms with Crippen LogP contribution in [0.5, 0.6) is 0 Å². The van der Waals surface area contributed by atoms with E-state index in [0.29, 0.717) is 22.1 Å². The van der Waals surface area contributed by atoms with Crippen LogP contribution in [0.3, 0.4) is 0 Å². The second kappa shape index (κ2) is 7.81. The van der Waals surface area contributed by atoms with E-state index in [4.69, 9.17) is 15.5 Å². The number of pyridine rings is 1. The van der Waals surface area contributed by atoms with Crippen LogP contribution in [0, 0.1) is 5.82 Å². The molecule has 0 saturated carbocycles. The molecule has 2 aromatic heterocycles. The first-order chi connectivity index (χ1) is 15.6. The van der Waals surface area contributed by atoms with Gasteiger partial charge in [0.2, 0.25) is 0 Å². The van der Waals surface area contributed by atoms with Crippen molar-refractivity contribution >= 4 is 28.2 Å². The number of carbonyl (C=O) groups is 1. The van der Waals surface area contributed by atoms with Crippen molar-refractivity contribution in [2.24, 2.45) is 0 Å². The molecule has 0 bridgehead atoms. The first kappa shape index (κ1) is 19.8. The van der Waals surface area contributed by atoms with Gasteiger partial charge in [-0.1, -0.05) is 66.7 Å². The van der Waals surface area contributed by atoms with E-state index >= 15 is 0 Å². The third-order valence-electron chi connectivity index (χ3n) is 5.44. The van der Waals surface area contributed by atoms with Crippen LogP contribution >= 0.6 is 0 Å². The number of ether oxygens (including phenoxy) is 1. The maximum Gasteiger partial charge on any atom is 0.342 e. The molecule has 0 unspecified atom stereocenters. The van der Waals surface area contributed by atoms with E-state index in [0.717, 1.165) is 16.8 Å². The number of nitrogen functional groups attached to an aromatic ring is 1. The molecule has 158 valence electrons. The molecule has 0 atom stereocenters. The fraction of sp³-hybridized carbons (Fsp3) is 0.0769. The van der Waals surface area contributed by atoms with Crippen LogP contribution in [0.4, 0.5) is 10.2 Å². The molecule has 5 rings (SSSR count). The second-order valence-corrected chi connectivity index (χ2v) is 7.37. The molecular weight excluding hydrogens is 405 g/mol. The number of carbonyl (C=O) groups excluding carboxylic acids is 1. The summed E-state index contributed by atoms with van der Waals surface area (Å²) in [6, 6.07) is 23.6. The summed E-state index contributed by atoms with van der Waals surface area (Å²) in [4.78, 5) is 17.8. The largest absolute Gasteiger partial charge is 0.462 e. The molecule has 0 aliphatic carbocycles. The Hall–Kier alpha value is -4.19. The fourth-order valence-electron chi connectivity index (χ4n) is 4.08. The Morgan fingerprint density at radius 2 is 1.62 bits per heavy atom. The van der Waals surface area contributed by atoms with Gasteiger partial charge in [0.05, 0.1) is 18.0 Å². The van der Waals surface area contributed by atoms with E-state index in [-0.39, 0.29) is 18.0 Å². The fourth-order valence-corrected chi connectivity index (χ4v) is 4.08. The number of rotatable bonds is 4. The Balaban J connectivity index is 2.00. The van der Waals surface area contributed by atoms with Crippen LogP contribution in [0.15, 0.2) is 78.9 Å². The second-order valence-electron chi connectivity index (χ2n) is 7.37. The number of hydrogen-bond acceptors (Lipinski definition) is 4. The standard InChI is InChI=1S/C26H20FN3O2/c1-2-32-26(31)21-19-14-13-18(27)15-20(19)25-29-22(16-9-5-3-6-10-16)23(30(25)24(21)28)17-11-7-4-8-12-17/h3-15H,2,28H2,1H3. The number of benzene rings is 3. The van der Waals surface area contributed by atoms with Crippen LogP contribution in [0.2, 0.25) is 0 Å². The van der Waals surface area contributed by atoms with E-state index in [1.807, 2.05) is 60.7 Å². The number of hydrogen-bond donors (Lipinski definition) is 1. The topological polar surface area (TPSA) is 69.6 Å². The molecule has 0 aliphatic rings. The molecule has 0 aliphatic heterocycles. The Kier molecular flexibility index (Phi) is 4.82. The normalized spacial score (nSPS) is 11.2. The molecule has 5 nitrogen and oxygen atoms in total. The first-order valence-electron chi connectivity index (χ1n) is 10.3. The average Bonchev–Trinajstić information content (AvgIpc) is 3.22. The van der Waals surface area contributed by atoms with Crippen molar-refractivity contribution in [3.8, 4) is 22.5 Å². The molecular formula is C26H20FN3O2. The van der Waals surface area contributed by atoms with Crippen molar-refractivity contribution in [2.75, 3.05) is 12.3 Å². The molecule has 3 aromatic carbocycles. The zero-order valence-electron chi connectivity index (χ0n) is 17.4. The number of nitrogens with zero attached hydrogens (tertiary/aromatic N) is 2. The molecule has 2 heterocycles. The summed E-state index contributed by atoms with van der Waals surface area (Å²) in [5, 5.41) is 0.987. The zero-order valence-corrected chi connectivity index (χ0v) is 17.4. The van der Waals surface area contributed by atoms with Crippen molar-refractivity contribution in [3.63, 3.8) is 0 Å². The van der Waals surface area contributed by atoms with Crippen LogP contribution in [-0.4, -0.2) is 22.0 Å². The minimum Gasteiger partial charge on any atom is -0.462 e. The van der Waals surface area contributed by atoms with Gasteiger partial charge in [-0.05, 0) is 19.1 Å². The number of anilines is 1. The van der Waals surface area contributed by atoms with Crippen LogP contribution in [0.1, 0.15) is 17.3 Å².